The number of esters is 4. The first-order valence-electron chi connectivity index (χ1n) is 41.7. The number of rotatable bonds is 77. The minimum atomic E-state index is -5.01. The second-order valence-corrected chi connectivity index (χ2v) is 30.2. The summed E-state index contributed by atoms with van der Waals surface area (Å²) in [6.07, 6.45) is 93.9. The first kappa shape index (κ1) is 103. The van der Waals surface area contributed by atoms with Crippen LogP contribution in [0.3, 0.4) is 0 Å². The minimum Gasteiger partial charge on any atom is -0.462 e. The summed E-state index contributed by atoms with van der Waals surface area (Å²) in [6, 6.07) is 0. The van der Waals surface area contributed by atoms with Gasteiger partial charge in [0.2, 0.25) is 0 Å². The van der Waals surface area contributed by atoms with Gasteiger partial charge in [0.15, 0.2) is 12.2 Å². The fourth-order valence-electron chi connectivity index (χ4n) is 10.7. The zero-order valence-electron chi connectivity index (χ0n) is 67.5. The molecule has 19 heteroatoms. The van der Waals surface area contributed by atoms with Crippen molar-refractivity contribution in [1.29, 1.82) is 0 Å². The van der Waals surface area contributed by atoms with Gasteiger partial charge in [0.1, 0.15) is 19.3 Å². The average Bonchev–Trinajstić information content (AvgIpc) is 0.907. The molecule has 17 nitrogen and oxygen atoms in total. The van der Waals surface area contributed by atoms with E-state index in [1.54, 1.807) is 0 Å². The molecule has 0 saturated carbocycles. The molecule has 0 heterocycles. The van der Waals surface area contributed by atoms with Crippen LogP contribution < -0.4 is 0 Å². The molecule has 0 aromatic heterocycles. The van der Waals surface area contributed by atoms with E-state index in [1.165, 1.54) is 89.9 Å². The van der Waals surface area contributed by atoms with Gasteiger partial charge in [0.25, 0.3) is 0 Å². The summed E-state index contributed by atoms with van der Waals surface area (Å²) in [5.41, 5.74) is 0. The van der Waals surface area contributed by atoms with E-state index >= 15 is 0 Å². The number of hydrogen-bond donors (Lipinski definition) is 3. The maximum absolute atomic E-state index is 13.1. The Morgan fingerprint density at radius 2 is 0.500 bits per heavy atom. The quantitative estimate of drug-likeness (QED) is 0.0169. The van der Waals surface area contributed by atoms with Gasteiger partial charge in [-0.15, -0.1) is 0 Å². The van der Waals surface area contributed by atoms with E-state index in [-0.39, 0.29) is 25.7 Å². The number of aliphatic hydroxyl groups excluding tert-OH is 1. The van der Waals surface area contributed by atoms with Gasteiger partial charge in [-0.3, -0.25) is 37.3 Å². The molecule has 0 aromatic rings. The molecule has 0 aliphatic carbocycles. The van der Waals surface area contributed by atoms with Crippen molar-refractivity contribution in [3.8, 4) is 0 Å². The lowest BCUT2D eigenvalue weighted by Gasteiger charge is -2.21. The van der Waals surface area contributed by atoms with E-state index in [9.17, 15) is 43.2 Å². The minimum absolute atomic E-state index is 0.0346. The van der Waals surface area contributed by atoms with Crippen LogP contribution in [0.2, 0.25) is 0 Å². The van der Waals surface area contributed by atoms with Crippen molar-refractivity contribution in [2.45, 2.75) is 341 Å². The first-order chi connectivity index (χ1) is 52.7. The number of aliphatic hydroxyl groups is 1. The van der Waals surface area contributed by atoms with Gasteiger partial charge < -0.3 is 33.8 Å². The van der Waals surface area contributed by atoms with E-state index in [4.69, 9.17) is 37.0 Å². The SMILES string of the molecule is CC/C=C\C/C=C\C/C=C\C/C=C\C/C=C\C/C=C\CCC(=O)O[C@H](COC(=O)CCCCCCCCC/C=C\CCCCCC)COP(=O)(O)OC[C@@H](O)COP(=O)(O)OC[C@@H](COC(=O)CCCCCCCCCCCCCCCCC)OC(=O)CC/C=C\C/C=C\C/C=C\C/C=C\C/C=C\C/C=C\CC. The lowest BCUT2D eigenvalue weighted by Crippen LogP contribution is -2.30. The van der Waals surface area contributed by atoms with Crippen LogP contribution in [0, 0.1) is 0 Å². The molecule has 0 aromatic carbocycles. The number of unbranched alkanes of at least 4 members (excludes halogenated alkanes) is 25. The van der Waals surface area contributed by atoms with Gasteiger partial charge in [0, 0.05) is 25.7 Å². The second kappa shape index (κ2) is 79.8. The molecule has 0 saturated heterocycles. The number of carbonyl (C=O) groups excluding carboxylic acids is 4. The standard InChI is InChI=1S/C89H148O17P2/c1-5-9-13-17-21-25-29-33-37-39-41-43-47-51-55-59-63-67-71-75-88(93)105-84(79-99-86(91)73-69-65-61-57-53-49-45-35-31-27-23-19-15-11-7-3)81-103-107(95,96)101-77-83(90)78-102-108(97,98)104-82-85(80-100-87(92)74-70-66-62-58-54-50-46-36-32-28-24-20-16-12-8-4)106-89(94)76-72-68-64-60-56-52-48-44-42-40-38-34-30-26-22-18-14-10-6-2/h9-10,13-14,21-22,25-27,31,33-34,37-38,41-44,51-52,55-56,63-64,67-68,83-85,90H,5-8,11-12,15-20,23-24,28-30,32,35-36,39-40,45-50,53-54,57-62,65-66,69-82H2,1-4H3,(H,95,96)(H,97,98)/b13-9-,14-10-,25-21-,26-22-,31-27-,37-33-,38-34-,43-41-,44-42-,55-51-,56-52-,67-63-,68-64-/t83-,84-,85-/m1/s1. The maximum Gasteiger partial charge on any atom is 0.472 e. The zero-order chi connectivity index (χ0) is 78.9. The Labute approximate surface area is 655 Å². The van der Waals surface area contributed by atoms with E-state index in [0.717, 1.165) is 141 Å². The molecule has 0 spiro atoms. The smallest absolute Gasteiger partial charge is 0.462 e. The molecule has 0 fully saturated rings. The van der Waals surface area contributed by atoms with E-state index in [1.807, 2.05) is 36.5 Å². The van der Waals surface area contributed by atoms with Crippen molar-refractivity contribution in [1.82, 2.24) is 0 Å². The molecule has 616 valence electrons. The van der Waals surface area contributed by atoms with Crippen molar-refractivity contribution in [3.63, 3.8) is 0 Å². The molecule has 0 amide bonds. The van der Waals surface area contributed by atoms with Gasteiger partial charge in [0.05, 0.1) is 26.4 Å². The summed E-state index contributed by atoms with van der Waals surface area (Å²) in [4.78, 5) is 73.1. The Bertz CT molecular complexity index is 2660. The largest absolute Gasteiger partial charge is 0.472 e. The van der Waals surface area contributed by atoms with Gasteiger partial charge in [-0.1, -0.05) is 327 Å². The predicted octanol–water partition coefficient (Wildman–Crippen LogP) is 24.8. The molecule has 5 atom stereocenters. The Hall–Kier alpha value is -5.32. The van der Waals surface area contributed by atoms with Crippen LogP contribution in [0.5, 0.6) is 0 Å². The number of phosphoric ester groups is 2. The van der Waals surface area contributed by atoms with Gasteiger partial charge in [-0.05, 0) is 128 Å². The lowest BCUT2D eigenvalue weighted by atomic mass is 10.0. The summed E-state index contributed by atoms with van der Waals surface area (Å²) < 4.78 is 68.6. The van der Waals surface area contributed by atoms with Crippen molar-refractivity contribution in [2.24, 2.45) is 0 Å². The molecule has 0 bridgehead atoms. The highest BCUT2D eigenvalue weighted by atomic mass is 31.2. The molecular formula is C89H148O17P2. The predicted molar refractivity (Wildman–Crippen MR) is 445 cm³/mol. The highest BCUT2D eigenvalue weighted by Crippen LogP contribution is 2.45. The molecule has 3 N–H and O–H groups in total. The maximum atomic E-state index is 13.1. The third-order valence-corrected chi connectivity index (χ3v) is 18.9. The molecule has 108 heavy (non-hydrogen) atoms. The van der Waals surface area contributed by atoms with Crippen molar-refractivity contribution in [2.75, 3.05) is 39.6 Å². The molecule has 0 aliphatic rings. The number of phosphoric acid groups is 2. The van der Waals surface area contributed by atoms with Crippen LogP contribution in [0.25, 0.3) is 0 Å². The molecule has 0 radical (unpaired) electrons. The van der Waals surface area contributed by atoms with Crippen LogP contribution in [0.15, 0.2) is 158 Å². The highest BCUT2D eigenvalue weighted by molar-refractivity contribution is 7.47. The highest BCUT2D eigenvalue weighted by Gasteiger charge is 2.30. The van der Waals surface area contributed by atoms with Crippen LogP contribution >= 0.6 is 15.6 Å². The number of carbonyl (C=O) groups is 4. The monoisotopic (exact) mass is 1550 g/mol. The third-order valence-electron chi connectivity index (χ3n) is 17.0. The number of allylic oxidation sites excluding steroid dienone is 26. The summed E-state index contributed by atoms with van der Waals surface area (Å²) in [6.45, 7) is 4.48. The van der Waals surface area contributed by atoms with Crippen molar-refractivity contribution >= 4 is 39.5 Å². The second-order valence-electron chi connectivity index (χ2n) is 27.3. The first-order valence-corrected chi connectivity index (χ1v) is 44.7. The van der Waals surface area contributed by atoms with Gasteiger partial charge in [-0.25, -0.2) is 9.13 Å². The molecule has 0 rings (SSSR count). The van der Waals surface area contributed by atoms with Crippen LogP contribution in [0.4, 0.5) is 0 Å². The normalized spacial score (nSPS) is 14.6. The topological polar surface area (TPSA) is 237 Å². The Kier molecular flexibility index (Phi) is 75.8. The fraction of sp³-hybridized carbons (Fsp3) is 0.663. The van der Waals surface area contributed by atoms with Gasteiger partial charge in [-0.2, -0.15) is 0 Å². The zero-order valence-corrected chi connectivity index (χ0v) is 69.3. The number of ether oxygens (including phenoxy) is 4. The van der Waals surface area contributed by atoms with E-state index < -0.39 is 97.5 Å². The van der Waals surface area contributed by atoms with Crippen molar-refractivity contribution < 1.29 is 80.2 Å². The van der Waals surface area contributed by atoms with Gasteiger partial charge >= 0.3 is 39.5 Å². The average molecular weight is 1550 g/mol. The van der Waals surface area contributed by atoms with Crippen molar-refractivity contribution in [3.05, 3.63) is 158 Å². The van der Waals surface area contributed by atoms with E-state index in [0.29, 0.717) is 38.5 Å². The summed E-state index contributed by atoms with van der Waals surface area (Å²) in [7, 11) is -10.0. The fourth-order valence-corrected chi connectivity index (χ4v) is 12.3. The Morgan fingerprint density at radius 1 is 0.269 bits per heavy atom. The molecular weight excluding hydrogens is 1400 g/mol. The van der Waals surface area contributed by atoms with Crippen LogP contribution in [-0.4, -0.2) is 96.7 Å². The Balaban J connectivity index is 5.52. The molecule has 2 unspecified atom stereocenters. The third kappa shape index (κ3) is 78.8. The van der Waals surface area contributed by atoms with Crippen LogP contribution in [-0.2, 0) is 65.4 Å². The van der Waals surface area contributed by atoms with E-state index in [2.05, 4.69) is 149 Å². The lowest BCUT2D eigenvalue weighted by molar-refractivity contribution is -0.161. The number of hydrogen-bond acceptors (Lipinski definition) is 15. The summed E-state index contributed by atoms with van der Waals surface area (Å²) >= 11 is 0. The Morgan fingerprint density at radius 3 is 0.787 bits per heavy atom. The summed E-state index contributed by atoms with van der Waals surface area (Å²) in [5, 5.41) is 10.7. The van der Waals surface area contributed by atoms with Crippen LogP contribution in [0.1, 0.15) is 323 Å². The molecule has 0 aliphatic heterocycles. The summed E-state index contributed by atoms with van der Waals surface area (Å²) in [5.74, 6) is -2.37.